The van der Waals surface area contributed by atoms with Crippen molar-refractivity contribution >= 4 is 22.8 Å². The minimum atomic E-state index is -0.582. The van der Waals surface area contributed by atoms with Gasteiger partial charge >= 0.3 is 11.6 Å². The van der Waals surface area contributed by atoms with E-state index in [9.17, 15) is 14.4 Å². The standard InChI is InChI=1S/C24H23NO8/c1-14-17-5-4-16(29-2)10-20(17)33-24(28)18(14)6-8-23(27)30-12-22(26)25-11-15-3-7-19-21(9-15)32-13-31-19/h3-5,7,9-10H,6,8,11-13H2,1-2H3,(H,25,26). The Bertz CT molecular complexity index is 1260. The molecule has 0 fully saturated rings. The minimum Gasteiger partial charge on any atom is -0.497 e. The second kappa shape index (κ2) is 9.64. The van der Waals surface area contributed by atoms with Crippen molar-refractivity contribution in [2.75, 3.05) is 20.5 Å². The highest BCUT2D eigenvalue weighted by molar-refractivity contribution is 5.83. The van der Waals surface area contributed by atoms with Crippen LogP contribution in [0.5, 0.6) is 17.2 Å². The lowest BCUT2D eigenvalue weighted by Gasteiger charge is -2.09. The molecule has 1 aromatic heterocycles. The Balaban J connectivity index is 1.27. The van der Waals surface area contributed by atoms with Gasteiger partial charge < -0.3 is 28.7 Å². The molecular weight excluding hydrogens is 430 g/mol. The smallest absolute Gasteiger partial charge is 0.339 e. The summed E-state index contributed by atoms with van der Waals surface area (Å²) in [6.45, 7) is 1.83. The third-order valence-corrected chi connectivity index (χ3v) is 5.36. The van der Waals surface area contributed by atoms with Gasteiger partial charge in [-0.05, 0) is 48.7 Å². The van der Waals surface area contributed by atoms with Crippen molar-refractivity contribution in [2.24, 2.45) is 0 Å². The number of benzene rings is 2. The summed E-state index contributed by atoms with van der Waals surface area (Å²) in [5.74, 6) is 0.853. The third-order valence-electron chi connectivity index (χ3n) is 5.36. The lowest BCUT2D eigenvalue weighted by atomic mass is 10.0. The summed E-state index contributed by atoms with van der Waals surface area (Å²) in [5.41, 5.74) is 1.87. The summed E-state index contributed by atoms with van der Waals surface area (Å²) in [7, 11) is 1.53. The van der Waals surface area contributed by atoms with Gasteiger partial charge in [-0.15, -0.1) is 0 Å². The maximum atomic E-state index is 12.4. The van der Waals surface area contributed by atoms with Gasteiger partial charge in [0.15, 0.2) is 18.1 Å². The lowest BCUT2D eigenvalue weighted by molar-refractivity contribution is -0.148. The van der Waals surface area contributed by atoms with Crippen LogP contribution in [-0.4, -0.2) is 32.4 Å². The fourth-order valence-electron chi connectivity index (χ4n) is 3.54. The Labute approximate surface area is 189 Å². The molecule has 33 heavy (non-hydrogen) atoms. The highest BCUT2D eigenvalue weighted by Crippen LogP contribution is 2.32. The summed E-state index contributed by atoms with van der Waals surface area (Å²) >= 11 is 0. The van der Waals surface area contributed by atoms with Gasteiger partial charge in [-0.1, -0.05) is 6.07 Å². The molecule has 0 unspecified atom stereocenters. The van der Waals surface area contributed by atoms with Crippen molar-refractivity contribution in [2.45, 2.75) is 26.3 Å². The SMILES string of the molecule is COc1ccc2c(C)c(CCC(=O)OCC(=O)NCc3ccc4c(c3)OCO4)c(=O)oc2c1. The molecule has 0 spiro atoms. The van der Waals surface area contributed by atoms with Gasteiger partial charge in [0.2, 0.25) is 6.79 Å². The van der Waals surface area contributed by atoms with Crippen LogP contribution in [0.25, 0.3) is 11.0 Å². The number of carbonyl (C=O) groups is 2. The average Bonchev–Trinajstić information content (AvgIpc) is 3.28. The Morgan fingerprint density at radius 2 is 1.91 bits per heavy atom. The number of carbonyl (C=O) groups excluding carboxylic acids is 2. The fraction of sp³-hybridized carbons (Fsp3) is 0.292. The molecule has 0 aliphatic carbocycles. The predicted octanol–water partition coefficient (Wildman–Crippen LogP) is 2.63. The number of rotatable bonds is 8. The summed E-state index contributed by atoms with van der Waals surface area (Å²) in [4.78, 5) is 36.5. The van der Waals surface area contributed by atoms with E-state index in [-0.39, 0.29) is 26.2 Å². The predicted molar refractivity (Wildman–Crippen MR) is 117 cm³/mol. The molecule has 0 bridgehead atoms. The maximum Gasteiger partial charge on any atom is 0.339 e. The number of esters is 1. The topological polar surface area (TPSA) is 113 Å². The van der Waals surface area contributed by atoms with Gasteiger partial charge in [0.1, 0.15) is 11.3 Å². The number of aryl methyl sites for hydroxylation is 1. The van der Waals surface area contributed by atoms with E-state index < -0.39 is 24.1 Å². The van der Waals surface area contributed by atoms with E-state index in [4.69, 9.17) is 23.4 Å². The maximum absolute atomic E-state index is 12.4. The number of amides is 1. The van der Waals surface area contributed by atoms with Gasteiger partial charge in [-0.25, -0.2) is 4.79 Å². The molecule has 0 saturated carbocycles. The Morgan fingerprint density at radius 1 is 1.09 bits per heavy atom. The molecule has 1 amide bonds. The zero-order chi connectivity index (χ0) is 23.4. The molecule has 172 valence electrons. The highest BCUT2D eigenvalue weighted by Gasteiger charge is 2.16. The summed E-state index contributed by atoms with van der Waals surface area (Å²) in [6.07, 6.45) is 0.0937. The van der Waals surface area contributed by atoms with Crippen LogP contribution in [-0.2, 0) is 27.3 Å². The second-order valence-corrected chi connectivity index (χ2v) is 7.48. The van der Waals surface area contributed by atoms with Crippen LogP contribution in [0.2, 0.25) is 0 Å². The van der Waals surface area contributed by atoms with Crippen molar-refractivity contribution in [1.82, 2.24) is 5.32 Å². The number of hydrogen-bond donors (Lipinski definition) is 1. The molecule has 9 nitrogen and oxygen atoms in total. The van der Waals surface area contributed by atoms with Crippen molar-refractivity contribution in [1.29, 1.82) is 0 Å². The Kier molecular flexibility index (Phi) is 6.48. The molecule has 0 atom stereocenters. The first-order valence-electron chi connectivity index (χ1n) is 10.4. The van der Waals surface area contributed by atoms with Crippen molar-refractivity contribution < 1.29 is 33.0 Å². The lowest BCUT2D eigenvalue weighted by Crippen LogP contribution is -2.28. The van der Waals surface area contributed by atoms with Crippen molar-refractivity contribution in [3.05, 3.63) is 63.5 Å². The number of methoxy groups -OCH3 is 1. The number of fused-ring (bicyclic) bond motifs is 2. The van der Waals surface area contributed by atoms with Crippen LogP contribution >= 0.6 is 0 Å². The molecule has 1 aliphatic rings. The van der Waals surface area contributed by atoms with Crippen LogP contribution in [0.1, 0.15) is 23.1 Å². The van der Waals surface area contributed by atoms with E-state index in [1.165, 1.54) is 7.11 Å². The summed E-state index contributed by atoms with van der Waals surface area (Å²) in [6, 6.07) is 10.6. The normalized spacial score (nSPS) is 11.9. The first-order chi connectivity index (χ1) is 15.9. The zero-order valence-corrected chi connectivity index (χ0v) is 18.3. The van der Waals surface area contributed by atoms with Crippen LogP contribution in [0, 0.1) is 6.92 Å². The molecule has 3 aromatic rings. The van der Waals surface area contributed by atoms with Gasteiger partial charge in [-0.3, -0.25) is 9.59 Å². The number of nitrogens with one attached hydrogen (secondary N) is 1. The molecular formula is C24H23NO8. The van der Waals surface area contributed by atoms with E-state index >= 15 is 0 Å². The molecule has 4 rings (SSSR count). The van der Waals surface area contributed by atoms with E-state index in [1.54, 1.807) is 37.3 Å². The minimum absolute atomic E-state index is 0.0529. The summed E-state index contributed by atoms with van der Waals surface area (Å²) in [5, 5.41) is 3.44. The van der Waals surface area contributed by atoms with Crippen molar-refractivity contribution in [3.63, 3.8) is 0 Å². The molecule has 2 heterocycles. The molecule has 0 radical (unpaired) electrons. The Morgan fingerprint density at radius 3 is 2.73 bits per heavy atom. The van der Waals surface area contributed by atoms with Crippen LogP contribution in [0.3, 0.4) is 0 Å². The van der Waals surface area contributed by atoms with Gasteiger partial charge in [0.05, 0.1) is 7.11 Å². The first-order valence-corrected chi connectivity index (χ1v) is 10.4. The highest BCUT2D eigenvalue weighted by atomic mass is 16.7. The average molecular weight is 453 g/mol. The fourth-order valence-corrected chi connectivity index (χ4v) is 3.54. The Hall–Kier alpha value is -4.01. The zero-order valence-electron chi connectivity index (χ0n) is 18.3. The van der Waals surface area contributed by atoms with Crippen molar-refractivity contribution in [3.8, 4) is 17.2 Å². The van der Waals surface area contributed by atoms with Crippen LogP contribution < -0.4 is 25.2 Å². The van der Waals surface area contributed by atoms with Crippen LogP contribution in [0.4, 0.5) is 0 Å². The largest absolute Gasteiger partial charge is 0.497 e. The third kappa shape index (κ3) is 5.08. The quantitative estimate of drug-likeness (QED) is 0.409. The summed E-state index contributed by atoms with van der Waals surface area (Å²) < 4.78 is 26.1. The van der Waals surface area contributed by atoms with E-state index in [0.717, 1.165) is 16.5 Å². The first kappa shape index (κ1) is 22.2. The van der Waals surface area contributed by atoms with E-state index in [1.807, 2.05) is 6.07 Å². The molecule has 0 saturated heterocycles. The van der Waals surface area contributed by atoms with Gasteiger partial charge in [-0.2, -0.15) is 0 Å². The monoisotopic (exact) mass is 453 g/mol. The number of ether oxygens (including phenoxy) is 4. The number of hydrogen-bond acceptors (Lipinski definition) is 8. The molecule has 9 heteroatoms. The van der Waals surface area contributed by atoms with Crippen LogP contribution in [0.15, 0.2) is 45.6 Å². The second-order valence-electron chi connectivity index (χ2n) is 7.48. The van der Waals surface area contributed by atoms with Gasteiger partial charge in [0, 0.05) is 30.0 Å². The molecule has 2 aromatic carbocycles. The van der Waals surface area contributed by atoms with Gasteiger partial charge in [0.25, 0.3) is 5.91 Å². The van der Waals surface area contributed by atoms with E-state index in [0.29, 0.717) is 28.4 Å². The molecule has 1 N–H and O–H groups in total. The molecule has 1 aliphatic heterocycles. The van der Waals surface area contributed by atoms with E-state index in [2.05, 4.69) is 5.32 Å².